The molecule has 0 aliphatic carbocycles. The first kappa shape index (κ1) is 28.0. The fourth-order valence-corrected chi connectivity index (χ4v) is 9.60. The summed E-state index contributed by atoms with van der Waals surface area (Å²) in [7, 11) is 0. The molecular weight excluding hydrogens is 655 g/mol. The fraction of sp³-hybridized carbons (Fsp3) is 0. The highest BCUT2D eigenvalue weighted by atomic mass is 32.1. The smallest absolute Gasteiger partial charge is 0.237 e. The van der Waals surface area contributed by atoms with Crippen LogP contribution in [0.2, 0.25) is 0 Å². The predicted octanol–water partition coefficient (Wildman–Crippen LogP) is 12.1. The zero-order valence-corrected chi connectivity index (χ0v) is 28.5. The highest BCUT2D eigenvalue weighted by molar-refractivity contribution is 7.26. The SMILES string of the molecule is c1ccc2c(c1)sc1c(-n3c4ccccc4c4ccc(-n5c6ccccc6c6ccccc65)cc43)nc(-n3c4ccccc4c4ccccc43)nc12. The van der Waals surface area contributed by atoms with Crippen LogP contribution in [0.3, 0.4) is 0 Å². The van der Waals surface area contributed by atoms with Crippen LogP contribution in [0.1, 0.15) is 0 Å². The standard InChI is InChI=1S/C46H27N5S/c1-7-19-36-29(13-1)30-14-2-8-20-37(30)49(36)28-25-26-34-33-17-3-9-21-38(33)50(41(34)27-28)45-44-43(35-18-6-12-24-42(35)52-44)47-46(48-45)51-39-22-10-4-15-31(39)32-16-5-11-23-40(32)51/h1-27H. The van der Waals surface area contributed by atoms with Gasteiger partial charge in [0, 0.05) is 48.1 Å². The van der Waals surface area contributed by atoms with Crippen molar-refractivity contribution >= 4 is 97.1 Å². The molecule has 242 valence electrons. The molecule has 5 nitrogen and oxygen atoms in total. The Labute approximate surface area is 300 Å². The summed E-state index contributed by atoms with van der Waals surface area (Å²) >= 11 is 1.76. The molecule has 52 heavy (non-hydrogen) atoms. The first-order valence-electron chi connectivity index (χ1n) is 17.5. The van der Waals surface area contributed by atoms with Crippen molar-refractivity contribution in [2.24, 2.45) is 0 Å². The van der Waals surface area contributed by atoms with Crippen LogP contribution in [-0.2, 0) is 0 Å². The Morgan fingerprint density at radius 1 is 0.365 bits per heavy atom. The second kappa shape index (κ2) is 10.4. The van der Waals surface area contributed by atoms with Gasteiger partial charge in [0.2, 0.25) is 5.95 Å². The van der Waals surface area contributed by atoms with E-state index in [0.717, 1.165) is 49.2 Å². The molecular formula is C46H27N5S. The fourth-order valence-electron chi connectivity index (χ4n) is 8.48. The molecule has 0 saturated carbocycles. The molecule has 6 heteroatoms. The van der Waals surface area contributed by atoms with Crippen LogP contribution in [-0.4, -0.2) is 23.7 Å². The maximum Gasteiger partial charge on any atom is 0.237 e. The van der Waals surface area contributed by atoms with E-state index in [1.807, 2.05) is 0 Å². The number of nitrogens with zero attached hydrogens (tertiary/aromatic N) is 5. The molecule has 0 N–H and O–H groups in total. The number of para-hydroxylation sites is 5. The topological polar surface area (TPSA) is 40.6 Å². The Morgan fingerprint density at radius 2 is 0.808 bits per heavy atom. The third-order valence-corrected chi connectivity index (χ3v) is 11.8. The van der Waals surface area contributed by atoms with Crippen molar-refractivity contribution in [3.63, 3.8) is 0 Å². The first-order valence-corrected chi connectivity index (χ1v) is 18.3. The second-order valence-corrected chi connectivity index (χ2v) is 14.5. The Morgan fingerprint density at radius 3 is 1.37 bits per heavy atom. The van der Waals surface area contributed by atoms with Crippen LogP contribution in [0, 0.1) is 0 Å². The lowest BCUT2D eigenvalue weighted by Crippen LogP contribution is -2.06. The summed E-state index contributed by atoms with van der Waals surface area (Å²) in [5.41, 5.74) is 8.84. The number of fused-ring (bicyclic) bond motifs is 12. The van der Waals surface area contributed by atoms with Gasteiger partial charge < -0.3 is 4.57 Å². The molecule has 0 amide bonds. The van der Waals surface area contributed by atoms with E-state index in [2.05, 4.69) is 177 Å². The average Bonchev–Trinajstić information content (AvgIpc) is 3.94. The summed E-state index contributed by atoms with van der Waals surface area (Å²) in [5, 5.41) is 8.39. The lowest BCUT2D eigenvalue weighted by atomic mass is 10.1. The Bertz CT molecular complexity index is 3320. The van der Waals surface area contributed by atoms with Crippen molar-refractivity contribution < 1.29 is 0 Å². The molecule has 12 rings (SSSR count). The molecule has 7 aromatic carbocycles. The first-order chi connectivity index (χ1) is 25.8. The van der Waals surface area contributed by atoms with E-state index in [4.69, 9.17) is 9.97 Å². The molecule has 0 aliphatic rings. The van der Waals surface area contributed by atoms with Gasteiger partial charge in [0.05, 0.1) is 43.3 Å². The number of rotatable bonds is 3. The Kier molecular flexibility index (Phi) is 5.59. The van der Waals surface area contributed by atoms with Gasteiger partial charge in [-0.25, -0.2) is 4.98 Å². The van der Waals surface area contributed by atoms with Crippen molar-refractivity contribution in [1.29, 1.82) is 0 Å². The monoisotopic (exact) mass is 681 g/mol. The van der Waals surface area contributed by atoms with Gasteiger partial charge in [-0.15, -0.1) is 11.3 Å². The van der Waals surface area contributed by atoms with Gasteiger partial charge in [-0.05, 0) is 48.5 Å². The summed E-state index contributed by atoms with van der Waals surface area (Å²) in [5.74, 6) is 1.54. The van der Waals surface area contributed by atoms with Gasteiger partial charge in [-0.1, -0.05) is 115 Å². The minimum absolute atomic E-state index is 0.660. The summed E-state index contributed by atoms with van der Waals surface area (Å²) in [6.45, 7) is 0. The van der Waals surface area contributed by atoms with E-state index < -0.39 is 0 Å². The number of aromatic nitrogens is 5. The zero-order chi connectivity index (χ0) is 33.9. The molecule has 0 radical (unpaired) electrons. The highest BCUT2D eigenvalue weighted by Gasteiger charge is 2.23. The maximum atomic E-state index is 5.59. The number of thiophene rings is 1. The van der Waals surface area contributed by atoms with Crippen molar-refractivity contribution in [1.82, 2.24) is 23.7 Å². The summed E-state index contributed by atoms with van der Waals surface area (Å²) < 4.78 is 9.26. The molecule has 12 aromatic rings. The van der Waals surface area contributed by atoms with Gasteiger partial charge in [0.25, 0.3) is 0 Å². The maximum absolute atomic E-state index is 5.59. The van der Waals surface area contributed by atoms with Gasteiger partial charge in [0.15, 0.2) is 5.82 Å². The van der Waals surface area contributed by atoms with Crippen LogP contribution < -0.4 is 0 Å². The van der Waals surface area contributed by atoms with Crippen molar-refractivity contribution in [3.8, 4) is 17.5 Å². The highest BCUT2D eigenvalue weighted by Crippen LogP contribution is 2.42. The van der Waals surface area contributed by atoms with E-state index in [9.17, 15) is 0 Å². The van der Waals surface area contributed by atoms with Gasteiger partial charge in [0.1, 0.15) is 0 Å². The van der Waals surface area contributed by atoms with E-state index in [-0.39, 0.29) is 0 Å². The van der Waals surface area contributed by atoms with Crippen LogP contribution in [0.15, 0.2) is 164 Å². The second-order valence-electron chi connectivity index (χ2n) is 13.4. The van der Waals surface area contributed by atoms with E-state index >= 15 is 0 Å². The molecule has 5 heterocycles. The van der Waals surface area contributed by atoms with E-state index in [0.29, 0.717) is 5.95 Å². The Hall–Kier alpha value is -6.76. The molecule has 0 aliphatic heterocycles. The van der Waals surface area contributed by atoms with Crippen LogP contribution in [0.4, 0.5) is 0 Å². The summed E-state index contributed by atoms with van der Waals surface area (Å²) in [4.78, 5) is 11.0. The van der Waals surface area contributed by atoms with Gasteiger partial charge in [-0.2, -0.15) is 4.98 Å². The van der Waals surface area contributed by atoms with Crippen molar-refractivity contribution in [2.45, 2.75) is 0 Å². The van der Waals surface area contributed by atoms with Crippen molar-refractivity contribution in [3.05, 3.63) is 164 Å². The van der Waals surface area contributed by atoms with E-state index in [1.165, 1.54) is 48.1 Å². The minimum atomic E-state index is 0.660. The molecule has 0 spiro atoms. The van der Waals surface area contributed by atoms with Gasteiger partial charge >= 0.3 is 0 Å². The van der Waals surface area contributed by atoms with Gasteiger partial charge in [-0.3, -0.25) is 9.13 Å². The number of hydrogen-bond acceptors (Lipinski definition) is 3. The van der Waals surface area contributed by atoms with E-state index in [1.54, 1.807) is 11.3 Å². The molecule has 0 unspecified atom stereocenters. The third kappa shape index (κ3) is 3.71. The average molecular weight is 682 g/mol. The quantitative estimate of drug-likeness (QED) is 0.186. The minimum Gasteiger partial charge on any atom is -0.309 e. The summed E-state index contributed by atoms with van der Waals surface area (Å²) in [6, 6.07) is 58.7. The normalized spacial score (nSPS) is 12.2. The lowest BCUT2D eigenvalue weighted by molar-refractivity contribution is 0.976. The summed E-state index contributed by atoms with van der Waals surface area (Å²) in [6.07, 6.45) is 0. The van der Waals surface area contributed by atoms with Crippen LogP contribution in [0.25, 0.3) is 103 Å². The molecule has 0 saturated heterocycles. The largest absolute Gasteiger partial charge is 0.309 e. The van der Waals surface area contributed by atoms with Crippen LogP contribution in [0.5, 0.6) is 0 Å². The molecule has 0 atom stereocenters. The lowest BCUT2D eigenvalue weighted by Gasteiger charge is -2.13. The molecule has 0 fully saturated rings. The van der Waals surface area contributed by atoms with Crippen LogP contribution >= 0.6 is 11.3 Å². The molecule has 0 bridgehead atoms. The Balaban J connectivity index is 1.23. The predicted molar refractivity (Wildman–Crippen MR) is 218 cm³/mol. The molecule has 5 aromatic heterocycles. The third-order valence-electron chi connectivity index (χ3n) is 10.7. The number of hydrogen-bond donors (Lipinski definition) is 0. The number of benzene rings is 7. The zero-order valence-electron chi connectivity index (χ0n) is 27.7. The van der Waals surface area contributed by atoms with Crippen molar-refractivity contribution in [2.75, 3.05) is 0 Å².